The van der Waals surface area contributed by atoms with Crippen molar-refractivity contribution in [3.05, 3.63) is 58.2 Å². The quantitative estimate of drug-likeness (QED) is 0.551. The summed E-state index contributed by atoms with van der Waals surface area (Å²) >= 11 is 13.4. The second-order valence-electron chi connectivity index (χ2n) is 6.22. The lowest BCUT2D eigenvalue weighted by atomic mass is 10.3. The summed E-state index contributed by atoms with van der Waals surface area (Å²) in [6.45, 7) is 0.551. The monoisotopic (exact) mass is 422 g/mol. The number of rotatable bonds is 7. The Morgan fingerprint density at radius 2 is 2.11 bits per heavy atom. The Morgan fingerprint density at radius 1 is 1.26 bits per heavy atom. The lowest BCUT2D eigenvalue weighted by molar-refractivity contribution is -0.113. The van der Waals surface area contributed by atoms with E-state index in [1.54, 1.807) is 24.5 Å². The number of anilines is 1. The van der Waals surface area contributed by atoms with Crippen LogP contribution in [-0.2, 0) is 11.3 Å². The number of nitrogens with one attached hydrogen (secondary N) is 1. The van der Waals surface area contributed by atoms with Crippen LogP contribution in [0.25, 0.3) is 0 Å². The molecule has 1 saturated carbocycles. The molecule has 1 fully saturated rings. The van der Waals surface area contributed by atoms with E-state index in [0.717, 1.165) is 24.4 Å². The molecule has 3 aromatic rings. The summed E-state index contributed by atoms with van der Waals surface area (Å²) in [6.07, 6.45) is 3.88. The zero-order valence-electron chi connectivity index (χ0n) is 14.2. The van der Waals surface area contributed by atoms with Crippen molar-refractivity contribution in [2.75, 3.05) is 11.1 Å². The van der Waals surface area contributed by atoms with E-state index in [4.69, 9.17) is 27.6 Å². The van der Waals surface area contributed by atoms with Crippen molar-refractivity contribution in [1.82, 2.24) is 14.8 Å². The number of thioether (sulfide) groups is 1. The van der Waals surface area contributed by atoms with Crippen LogP contribution >= 0.6 is 35.0 Å². The van der Waals surface area contributed by atoms with E-state index in [1.807, 2.05) is 16.7 Å². The molecule has 0 aliphatic heterocycles. The van der Waals surface area contributed by atoms with Gasteiger partial charge in [-0.15, -0.1) is 10.2 Å². The maximum atomic E-state index is 12.3. The summed E-state index contributed by atoms with van der Waals surface area (Å²) in [5.74, 6) is 2.22. The second-order valence-corrected chi connectivity index (χ2v) is 7.95. The van der Waals surface area contributed by atoms with Crippen molar-refractivity contribution in [3.63, 3.8) is 0 Å². The Balaban J connectivity index is 1.44. The van der Waals surface area contributed by atoms with Crippen molar-refractivity contribution >= 4 is 46.6 Å². The molecule has 140 valence electrons. The first-order chi connectivity index (χ1) is 13.1. The Morgan fingerprint density at radius 3 is 2.85 bits per heavy atom. The van der Waals surface area contributed by atoms with Gasteiger partial charge in [0, 0.05) is 5.92 Å². The van der Waals surface area contributed by atoms with E-state index >= 15 is 0 Å². The lowest BCUT2D eigenvalue weighted by Gasteiger charge is -2.09. The molecular weight excluding hydrogens is 407 g/mol. The summed E-state index contributed by atoms with van der Waals surface area (Å²) in [5, 5.41) is 12.8. The van der Waals surface area contributed by atoms with Crippen LogP contribution in [0.2, 0.25) is 10.0 Å². The standard InChI is InChI=1S/C18H16Cl2N4O2S/c19-13-4-1-5-14(16(13)20)21-15(25)10-27-18-23-22-17(11-6-7-11)24(18)9-12-3-2-8-26-12/h1-5,8,11H,6-7,9-10H2,(H,21,25). The van der Waals surface area contributed by atoms with Crippen LogP contribution in [0.1, 0.15) is 30.3 Å². The van der Waals surface area contributed by atoms with E-state index in [0.29, 0.717) is 33.4 Å². The van der Waals surface area contributed by atoms with Gasteiger partial charge in [0.15, 0.2) is 5.16 Å². The molecule has 0 spiro atoms. The number of benzene rings is 1. The maximum absolute atomic E-state index is 12.3. The van der Waals surface area contributed by atoms with Crippen molar-refractivity contribution in [1.29, 1.82) is 0 Å². The zero-order chi connectivity index (χ0) is 18.8. The summed E-state index contributed by atoms with van der Waals surface area (Å²) < 4.78 is 7.48. The highest BCUT2D eigenvalue weighted by molar-refractivity contribution is 7.99. The van der Waals surface area contributed by atoms with Gasteiger partial charge < -0.3 is 9.73 Å². The third-order valence-corrected chi connectivity index (χ3v) is 5.93. The van der Waals surface area contributed by atoms with Crippen molar-refractivity contribution in [2.45, 2.75) is 30.5 Å². The Hall–Kier alpha value is -1.96. The highest BCUT2D eigenvalue weighted by Gasteiger charge is 2.30. The van der Waals surface area contributed by atoms with Gasteiger partial charge in [-0.3, -0.25) is 9.36 Å². The van der Waals surface area contributed by atoms with E-state index in [2.05, 4.69) is 15.5 Å². The fraction of sp³-hybridized carbons (Fsp3) is 0.278. The number of aromatic nitrogens is 3. The Bertz CT molecular complexity index is 954. The number of hydrogen-bond acceptors (Lipinski definition) is 5. The van der Waals surface area contributed by atoms with Crippen molar-refractivity contribution < 1.29 is 9.21 Å². The largest absolute Gasteiger partial charge is 0.467 e. The van der Waals surface area contributed by atoms with Crippen LogP contribution in [0.5, 0.6) is 0 Å². The Kier molecular flexibility index (Phi) is 5.43. The SMILES string of the molecule is O=C(CSc1nnc(C2CC2)n1Cc1ccco1)Nc1cccc(Cl)c1Cl. The van der Waals surface area contributed by atoms with Gasteiger partial charge in [0.25, 0.3) is 0 Å². The number of hydrogen-bond donors (Lipinski definition) is 1. The molecule has 9 heteroatoms. The van der Waals surface area contributed by atoms with Crippen LogP contribution in [0.3, 0.4) is 0 Å². The first-order valence-corrected chi connectivity index (χ1v) is 10.2. The summed E-state index contributed by atoms with van der Waals surface area (Å²) in [5.41, 5.74) is 0.491. The predicted octanol–water partition coefficient (Wildman–Crippen LogP) is 4.83. The first-order valence-electron chi connectivity index (χ1n) is 8.44. The number of carbonyl (C=O) groups excluding carboxylic acids is 1. The van der Waals surface area contributed by atoms with Crippen molar-refractivity contribution in [2.24, 2.45) is 0 Å². The van der Waals surface area contributed by atoms with Gasteiger partial charge in [0.2, 0.25) is 5.91 Å². The van der Waals surface area contributed by atoms with Crippen LogP contribution < -0.4 is 5.32 Å². The molecular formula is C18H16Cl2N4O2S. The topological polar surface area (TPSA) is 73.0 Å². The minimum absolute atomic E-state index is 0.184. The molecule has 1 aromatic carbocycles. The average Bonchev–Trinajstić information content (AvgIpc) is 3.22. The minimum atomic E-state index is -0.190. The summed E-state index contributed by atoms with van der Waals surface area (Å²) in [4.78, 5) is 12.3. The van der Waals surface area contributed by atoms with E-state index in [9.17, 15) is 4.79 Å². The highest BCUT2D eigenvalue weighted by Crippen LogP contribution is 2.40. The summed E-state index contributed by atoms with van der Waals surface area (Å²) in [6, 6.07) is 8.88. The van der Waals surface area contributed by atoms with Gasteiger partial charge in [0.1, 0.15) is 11.6 Å². The second kappa shape index (κ2) is 7.96. The van der Waals surface area contributed by atoms with Crippen LogP contribution in [0, 0.1) is 0 Å². The molecule has 1 N–H and O–H groups in total. The number of nitrogens with zero attached hydrogens (tertiary/aromatic N) is 3. The number of carbonyl (C=O) groups is 1. The average molecular weight is 423 g/mol. The molecule has 1 amide bonds. The van der Waals surface area contributed by atoms with Crippen LogP contribution in [0.4, 0.5) is 5.69 Å². The normalized spacial score (nSPS) is 13.7. The predicted molar refractivity (Wildman–Crippen MR) is 106 cm³/mol. The Labute approximate surface area is 170 Å². The molecule has 0 bridgehead atoms. The van der Waals surface area contributed by atoms with E-state index in [1.165, 1.54) is 11.8 Å². The van der Waals surface area contributed by atoms with Crippen LogP contribution in [-0.4, -0.2) is 26.4 Å². The molecule has 6 nitrogen and oxygen atoms in total. The van der Waals surface area contributed by atoms with Crippen molar-refractivity contribution in [3.8, 4) is 0 Å². The third-order valence-electron chi connectivity index (χ3n) is 4.14. The fourth-order valence-corrected chi connectivity index (χ4v) is 3.77. The zero-order valence-corrected chi connectivity index (χ0v) is 16.5. The first kappa shape index (κ1) is 18.4. The number of amides is 1. The van der Waals surface area contributed by atoms with Gasteiger partial charge in [-0.1, -0.05) is 41.0 Å². The van der Waals surface area contributed by atoms with Gasteiger partial charge >= 0.3 is 0 Å². The molecule has 2 heterocycles. The van der Waals surface area contributed by atoms with Gasteiger partial charge in [-0.2, -0.15) is 0 Å². The minimum Gasteiger partial charge on any atom is -0.467 e. The molecule has 27 heavy (non-hydrogen) atoms. The molecule has 0 atom stereocenters. The molecule has 0 saturated heterocycles. The molecule has 2 aromatic heterocycles. The maximum Gasteiger partial charge on any atom is 0.234 e. The molecule has 0 unspecified atom stereocenters. The molecule has 0 radical (unpaired) electrons. The smallest absolute Gasteiger partial charge is 0.234 e. The van der Waals surface area contributed by atoms with Gasteiger partial charge in [0.05, 0.1) is 34.3 Å². The molecule has 1 aliphatic carbocycles. The van der Waals surface area contributed by atoms with Crippen LogP contribution in [0.15, 0.2) is 46.2 Å². The number of halogens is 2. The lowest BCUT2D eigenvalue weighted by Crippen LogP contribution is -2.15. The van der Waals surface area contributed by atoms with Gasteiger partial charge in [-0.05, 0) is 37.1 Å². The van der Waals surface area contributed by atoms with E-state index < -0.39 is 0 Å². The van der Waals surface area contributed by atoms with E-state index in [-0.39, 0.29) is 11.7 Å². The summed E-state index contributed by atoms with van der Waals surface area (Å²) in [7, 11) is 0. The van der Waals surface area contributed by atoms with Gasteiger partial charge in [-0.25, -0.2) is 0 Å². The fourth-order valence-electron chi connectivity index (χ4n) is 2.67. The molecule has 4 rings (SSSR count). The highest BCUT2D eigenvalue weighted by atomic mass is 35.5. The third kappa shape index (κ3) is 4.31. The molecule has 1 aliphatic rings. The number of furan rings is 1.